The van der Waals surface area contributed by atoms with E-state index in [9.17, 15) is 9.59 Å². The van der Waals surface area contributed by atoms with Gasteiger partial charge >= 0.3 is 14.8 Å². The molecule has 0 rings (SSSR count). The number of ketones is 1. The highest BCUT2D eigenvalue weighted by Gasteiger charge is 2.36. The number of ether oxygens (including phenoxy) is 1. The molecule has 0 aliphatic carbocycles. The fourth-order valence-corrected chi connectivity index (χ4v) is 4.50. The molecule has 0 saturated carbocycles. The summed E-state index contributed by atoms with van der Waals surface area (Å²) in [6.45, 7) is 1.74. The number of rotatable bonds is 13. The number of hydrogen-bond donors (Lipinski definition) is 0. The molecule has 0 aromatic carbocycles. The van der Waals surface area contributed by atoms with E-state index >= 15 is 0 Å². The van der Waals surface area contributed by atoms with Crippen LogP contribution in [0.2, 0.25) is 6.04 Å². The topological polar surface area (TPSA) is 71.1 Å². The summed E-state index contributed by atoms with van der Waals surface area (Å²) in [4.78, 5) is 21.8. The zero-order valence-electron chi connectivity index (χ0n) is 13.3. The van der Waals surface area contributed by atoms with Crippen LogP contribution in [0.15, 0.2) is 0 Å². The van der Waals surface area contributed by atoms with Gasteiger partial charge in [0.05, 0.1) is 6.61 Å². The van der Waals surface area contributed by atoms with E-state index in [4.69, 9.17) is 18.0 Å². The van der Waals surface area contributed by atoms with Gasteiger partial charge in [-0.05, 0) is 31.3 Å². The van der Waals surface area contributed by atoms with Crippen LogP contribution in [0.5, 0.6) is 0 Å². The summed E-state index contributed by atoms with van der Waals surface area (Å²) in [5, 5.41) is 0. The van der Waals surface area contributed by atoms with E-state index in [1.54, 1.807) is 33.1 Å². The molecule has 0 radical (unpaired) electrons. The zero-order valence-corrected chi connectivity index (χ0v) is 15.1. The largest absolute Gasteiger partial charge is 0.500 e. The Hall–Kier alpha value is -0.413. The summed E-state index contributed by atoms with van der Waals surface area (Å²) in [6, 6.07) is 0.789. The predicted octanol–water partition coefficient (Wildman–Crippen LogP) is 1.90. The lowest BCUT2D eigenvalue weighted by Crippen LogP contribution is -2.42. The monoisotopic (exact) mass is 338 g/mol. The Labute approximate surface area is 132 Å². The Morgan fingerprint density at radius 3 is 2.10 bits per heavy atom. The van der Waals surface area contributed by atoms with Gasteiger partial charge in [-0.2, -0.15) is 11.8 Å². The molecule has 0 aliphatic rings. The standard InChI is InChI=1S/C13H26O6SSi/c1-12(14)11-13(15)19-7-5-8-20-9-6-10-21(16-2,17-3)18-4/h5-11H2,1-4H3. The van der Waals surface area contributed by atoms with E-state index in [0.717, 1.165) is 30.4 Å². The van der Waals surface area contributed by atoms with Crippen LogP contribution in [-0.2, 0) is 27.6 Å². The van der Waals surface area contributed by atoms with E-state index in [0.29, 0.717) is 6.61 Å². The third-order valence-electron chi connectivity index (χ3n) is 2.79. The Morgan fingerprint density at radius 1 is 1.00 bits per heavy atom. The summed E-state index contributed by atoms with van der Waals surface area (Å²) >= 11 is 1.79. The molecule has 0 spiro atoms. The van der Waals surface area contributed by atoms with Crippen LogP contribution >= 0.6 is 11.8 Å². The minimum Gasteiger partial charge on any atom is -0.465 e. The van der Waals surface area contributed by atoms with E-state index in [1.807, 2.05) is 0 Å². The molecule has 0 heterocycles. The van der Waals surface area contributed by atoms with Crippen molar-refractivity contribution < 1.29 is 27.6 Å². The van der Waals surface area contributed by atoms with Crippen LogP contribution in [0.4, 0.5) is 0 Å². The summed E-state index contributed by atoms with van der Waals surface area (Å²) in [6.07, 6.45) is 1.61. The van der Waals surface area contributed by atoms with Crippen molar-refractivity contribution in [2.24, 2.45) is 0 Å². The molecular formula is C13H26O6SSi. The lowest BCUT2D eigenvalue weighted by molar-refractivity contribution is -0.145. The van der Waals surface area contributed by atoms with Crippen molar-refractivity contribution in [3.8, 4) is 0 Å². The normalized spacial score (nSPS) is 11.4. The van der Waals surface area contributed by atoms with E-state index in [-0.39, 0.29) is 12.2 Å². The van der Waals surface area contributed by atoms with Crippen molar-refractivity contribution in [2.45, 2.75) is 32.2 Å². The van der Waals surface area contributed by atoms with Gasteiger partial charge in [0.15, 0.2) is 0 Å². The fourth-order valence-electron chi connectivity index (χ4n) is 1.65. The summed E-state index contributed by atoms with van der Waals surface area (Å²) in [5.41, 5.74) is 0. The first-order valence-electron chi connectivity index (χ1n) is 6.88. The average Bonchev–Trinajstić information content (AvgIpc) is 2.46. The molecule has 0 aromatic rings. The molecule has 0 aromatic heterocycles. The van der Waals surface area contributed by atoms with Gasteiger partial charge in [0, 0.05) is 27.4 Å². The maximum Gasteiger partial charge on any atom is 0.500 e. The molecular weight excluding hydrogens is 312 g/mol. The van der Waals surface area contributed by atoms with Gasteiger partial charge < -0.3 is 18.0 Å². The molecule has 0 aliphatic heterocycles. The van der Waals surface area contributed by atoms with Gasteiger partial charge in [0.1, 0.15) is 12.2 Å². The minimum absolute atomic E-state index is 0.134. The van der Waals surface area contributed by atoms with Gasteiger partial charge in [-0.15, -0.1) is 0 Å². The Balaban J connectivity index is 3.52. The van der Waals surface area contributed by atoms with Gasteiger partial charge in [-0.1, -0.05) is 0 Å². The van der Waals surface area contributed by atoms with E-state index < -0.39 is 14.8 Å². The van der Waals surface area contributed by atoms with Crippen LogP contribution in [0.3, 0.4) is 0 Å². The maximum absolute atomic E-state index is 11.1. The molecule has 124 valence electrons. The zero-order chi connectivity index (χ0) is 16.1. The summed E-state index contributed by atoms with van der Waals surface area (Å²) < 4.78 is 21.0. The minimum atomic E-state index is -2.44. The highest BCUT2D eigenvalue weighted by Crippen LogP contribution is 2.17. The number of hydrogen-bond acceptors (Lipinski definition) is 7. The molecule has 0 atom stereocenters. The second-order valence-corrected chi connectivity index (χ2v) is 8.78. The predicted molar refractivity (Wildman–Crippen MR) is 84.4 cm³/mol. The maximum atomic E-state index is 11.1. The van der Waals surface area contributed by atoms with Crippen molar-refractivity contribution >= 4 is 32.3 Å². The fraction of sp³-hybridized carbons (Fsp3) is 0.846. The Kier molecular flexibility index (Phi) is 11.9. The number of thioether (sulfide) groups is 1. The Morgan fingerprint density at radius 2 is 1.57 bits per heavy atom. The number of carbonyl (C=O) groups is 2. The van der Waals surface area contributed by atoms with E-state index in [1.165, 1.54) is 6.92 Å². The van der Waals surface area contributed by atoms with Gasteiger partial charge in [-0.25, -0.2) is 0 Å². The van der Waals surface area contributed by atoms with Crippen LogP contribution in [0.1, 0.15) is 26.2 Å². The van der Waals surface area contributed by atoms with E-state index in [2.05, 4.69) is 0 Å². The molecule has 0 fully saturated rings. The molecule has 21 heavy (non-hydrogen) atoms. The second-order valence-electron chi connectivity index (χ2n) is 4.46. The van der Waals surface area contributed by atoms with Crippen LogP contribution < -0.4 is 0 Å². The van der Waals surface area contributed by atoms with Crippen molar-refractivity contribution in [1.29, 1.82) is 0 Å². The third kappa shape index (κ3) is 10.0. The smallest absolute Gasteiger partial charge is 0.465 e. The second kappa shape index (κ2) is 12.2. The molecule has 8 heteroatoms. The van der Waals surface area contributed by atoms with Gasteiger partial charge in [-0.3, -0.25) is 9.59 Å². The number of Topliss-reactive ketones (excluding diaryl/α,β-unsaturated/α-hetero) is 1. The van der Waals surface area contributed by atoms with Crippen molar-refractivity contribution in [1.82, 2.24) is 0 Å². The van der Waals surface area contributed by atoms with Crippen molar-refractivity contribution in [3.63, 3.8) is 0 Å². The molecule has 0 saturated heterocycles. The van der Waals surface area contributed by atoms with Crippen molar-refractivity contribution in [2.75, 3.05) is 39.4 Å². The summed E-state index contributed by atoms with van der Waals surface area (Å²) in [5.74, 6) is 1.28. The third-order valence-corrected chi connectivity index (χ3v) is 6.78. The van der Waals surface area contributed by atoms with Crippen LogP contribution in [0, 0.1) is 0 Å². The molecule has 0 unspecified atom stereocenters. The first kappa shape index (κ1) is 20.6. The lowest BCUT2D eigenvalue weighted by Gasteiger charge is -2.24. The first-order valence-corrected chi connectivity index (χ1v) is 9.96. The van der Waals surface area contributed by atoms with Gasteiger partial charge in [0.2, 0.25) is 0 Å². The van der Waals surface area contributed by atoms with Crippen LogP contribution in [-0.4, -0.2) is 60.0 Å². The molecule has 0 N–H and O–H groups in total. The average molecular weight is 338 g/mol. The summed E-state index contributed by atoms with van der Waals surface area (Å²) in [7, 11) is 2.40. The van der Waals surface area contributed by atoms with Crippen molar-refractivity contribution in [3.05, 3.63) is 0 Å². The molecule has 0 amide bonds. The number of carbonyl (C=O) groups excluding carboxylic acids is 2. The highest BCUT2D eigenvalue weighted by molar-refractivity contribution is 7.99. The number of esters is 1. The lowest BCUT2D eigenvalue weighted by atomic mass is 10.3. The van der Waals surface area contributed by atoms with Gasteiger partial charge in [0.25, 0.3) is 0 Å². The highest BCUT2D eigenvalue weighted by atomic mass is 32.2. The quantitative estimate of drug-likeness (QED) is 0.220. The Bertz CT molecular complexity index is 301. The van der Waals surface area contributed by atoms with Crippen LogP contribution in [0.25, 0.3) is 0 Å². The molecule has 6 nitrogen and oxygen atoms in total. The molecule has 0 bridgehead atoms. The first-order chi connectivity index (χ1) is 9.99. The SMILES string of the molecule is CO[Si](CCCSCCCOC(=O)CC(C)=O)(OC)OC.